The first-order chi connectivity index (χ1) is 12.6. The molecule has 0 saturated carbocycles. The topological polar surface area (TPSA) is 78.7 Å². The Bertz CT molecular complexity index is 736. The Kier molecular flexibility index (Phi) is 6.01. The van der Waals surface area contributed by atoms with Crippen molar-refractivity contribution < 1.29 is 14.1 Å². The summed E-state index contributed by atoms with van der Waals surface area (Å²) in [6.45, 7) is 5.43. The molecule has 2 amide bonds. The van der Waals surface area contributed by atoms with Crippen LogP contribution in [0.2, 0.25) is 0 Å². The highest BCUT2D eigenvalue weighted by Gasteiger charge is 2.21. The number of nitrogens with one attached hydrogen (secondary N) is 1. The van der Waals surface area contributed by atoms with E-state index in [4.69, 9.17) is 4.52 Å². The maximum Gasteiger partial charge on any atom is 0.227 e. The molecular formula is C19H24N4O3. The van der Waals surface area contributed by atoms with Crippen LogP contribution in [-0.2, 0) is 16.0 Å². The summed E-state index contributed by atoms with van der Waals surface area (Å²) in [5, 5.41) is 6.47. The summed E-state index contributed by atoms with van der Waals surface area (Å²) in [6, 6.07) is 11.5. The quantitative estimate of drug-likeness (QED) is 0.852. The molecule has 1 aromatic heterocycles. The highest BCUT2D eigenvalue weighted by atomic mass is 16.5. The molecule has 0 bridgehead atoms. The van der Waals surface area contributed by atoms with Gasteiger partial charge in [0.2, 0.25) is 11.8 Å². The molecule has 0 atom stereocenters. The number of nitrogens with zero attached hydrogens (tertiary/aromatic N) is 3. The van der Waals surface area contributed by atoms with Gasteiger partial charge in [0.1, 0.15) is 5.76 Å². The summed E-state index contributed by atoms with van der Waals surface area (Å²) in [5.74, 6) is 1.19. The minimum absolute atomic E-state index is 0.0825. The lowest BCUT2D eigenvalue weighted by molar-refractivity contribution is -0.132. The highest BCUT2D eigenvalue weighted by Crippen LogP contribution is 2.09. The van der Waals surface area contributed by atoms with Crippen LogP contribution in [0.15, 0.2) is 40.9 Å². The van der Waals surface area contributed by atoms with Crippen molar-refractivity contribution >= 4 is 17.6 Å². The van der Waals surface area contributed by atoms with Gasteiger partial charge >= 0.3 is 0 Å². The standard InChI is InChI=1S/C19H24N4O3/c1-15-13-17(21-26-15)20-18(24)7-8-22-9-11-23(12-10-22)19(25)14-16-5-3-2-4-6-16/h2-6,13H,7-12,14H2,1H3,(H,20,21,24). The SMILES string of the molecule is Cc1cc(NC(=O)CCN2CCN(C(=O)Cc3ccccc3)CC2)no1. The summed E-state index contributed by atoms with van der Waals surface area (Å²) < 4.78 is 4.92. The van der Waals surface area contributed by atoms with Crippen LogP contribution in [-0.4, -0.2) is 59.5 Å². The Morgan fingerprint density at radius 3 is 2.54 bits per heavy atom. The van der Waals surface area contributed by atoms with Crippen molar-refractivity contribution in [2.75, 3.05) is 38.0 Å². The van der Waals surface area contributed by atoms with Crippen LogP contribution in [0.5, 0.6) is 0 Å². The van der Waals surface area contributed by atoms with E-state index in [2.05, 4.69) is 15.4 Å². The lowest BCUT2D eigenvalue weighted by Crippen LogP contribution is -2.49. The number of hydrogen-bond donors (Lipinski definition) is 1. The second-order valence-corrected chi connectivity index (χ2v) is 6.51. The third-order valence-electron chi connectivity index (χ3n) is 4.47. The molecule has 1 saturated heterocycles. The lowest BCUT2D eigenvalue weighted by Gasteiger charge is -2.34. The monoisotopic (exact) mass is 356 g/mol. The molecule has 1 aliphatic rings. The number of anilines is 1. The van der Waals surface area contributed by atoms with Gasteiger partial charge in [-0.3, -0.25) is 14.5 Å². The molecule has 1 aliphatic heterocycles. The number of aromatic nitrogens is 1. The smallest absolute Gasteiger partial charge is 0.227 e. The second kappa shape index (κ2) is 8.62. The summed E-state index contributed by atoms with van der Waals surface area (Å²) in [7, 11) is 0. The first-order valence-corrected chi connectivity index (χ1v) is 8.87. The zero-order valence-corrected chi connectivity index (χ0v) is 15.0. The van der Waals surface area contributed by atoms with E-state index in [0.717, 1.165) is 18.7 Å². The molecule has 0 radical (unpaired) electrons. The van der Waals surface area contributed by atoms with E-state index in [1.807, 2.05) is 35.2 Å². The van der Waals surface area contributed by atoms with Crippen LogP contribution in [0, 0.1) is 6.92 Å². The van der Waals surface area contributed by atoms with Crippen molar-refractivity contribution in [3.8, 4) is 0 Å². The Balaban J connectivity index is 1.37. The fourth-order valence-corrected chi connectivity index (χ4v) is 2.99. The number of hydrogen-bond acceptors (Lipinski definition) is 5. The van der Waals surface area contributed by atoms with E-state index < -0.39 is 0 Å². The van der Waals surface area contributed by atoms with Crippen molar-refractivity contribution in [3.63, 3.8) is 0 Å². The summed E-state index contributed by atoms with van der Waals surface area (Å²) in [6.07, 6.45) is 0.838. The predicted octanol–water partition coefficient (Wildman–Crippen LogP) is 1.70. The summed E-state index contributed by atoms with van der Waals surface area (Å²) in [5.41, 5.74) is 1.04. The van der Waals surface area contributed by atoms with Gasteiger partial charge < -0.3 is 14.7 Å². The lowest BCUT2D eigenvalue weighted by atomic mass is 10.1. The normalized spacial score (nSPS) is 15.0. The van der Waals surface area contributed by atoms with Crippen LogP contribution in [0.4, 0.5) is 5.82 Å². The number of carbonyl (C=O) groups is 2. The van der Waals surface area contributed by atoms with Crippen LogP contribution < -0.4 is 5.32 Å². The van der Waals surface area contributed by atoms with Gasteiger partial charge in [0, 0.05) is 45.2 Å². The van der Waals surface area contributed by atoms with E-state index in [1.54, 1.807) is 13.0 Å². The molecule has 1 N–H and O–H groups in total. The van der Waals surface area contributed by atoms with Gasteiger partial charge in [-0.2, -0.15) is 0 Å². The number of amides is 2. The molecule has 2 heterocycles. The van der Waals surface area contributed by atoms with Gasteiger partial charge in [0.05, 0.1) is 6.42 Å². The Morgan fingerprint density at radius 2 is 1.88 bits per heavy atom. The van der Waals surface area contributed by atoms with Gasteiger partial charge in [0.25, 0.3) is 0 Å². The fourth-order valence-electron chi connectivity index (χ4n) is 2.99. The largest absolute Gasteiger partial charge is 0.360 e. The third kappa shape index (κ3) is 5.16. The number of piperazine rings is 1. The average molecular weight is 356 g/mol. The maximum atomic E-state index is 12.4. The van der Waals surface area contributed by atoms with E-state index in [9.17, 15) is 9.59 Å². The molecule has 1 fully saturated rings. The van der Waals surface area contributed by atoms with Crippen molar-refractivity contribution in [3.05, 3.63) is 47.7 Å². The number of rotatable bonds is 6. The molecule has 7 heteroatoms. The fraction of sp³-hybridized carbons (Fsp3) is 0.421. The molecule has 0 aliphatic carbocycles. The second-order valence-electron chi connectivity index (χ2n) is 6.51. The third-order valence-corrected chi connectivity index (χ3v) is 4.47. The van der Waals surface area contributed by atoms with Gasteiger partial charge in [-0.05, 0) is 12.5 Å². The summed E-state index contributed by atoms with van der Waals surface area (Å²) >= 11 is 0. The number of carbonyl (C=O) groups excluding carboxylic acids is 2. The molecule has 1 aromatic carbocycles. The molecule has 0 unspecified atom stereocenters. The number of benzene rings is 1. The Hall–Kier alpha value is -2.67. The maximum absolute atomic E-state index is 12.4. The Labute approximate surface area is 152 Å². The van der Waals surface area contributed by atoms with E-state index in [1.165, 1.54) is 0 Å². The molecule has 2 aromatic rings. The first-order valence-electron chi connectivity index (χ1n) is 8.87. The van der Waals surface area contributed by atoms with E-state index in [-0.39, 0.29) is 11.8 Å². The molecule has 7 nitrogen and oxygen atoms in total. The Morgan fingerprint density at radius 1 is 1.15 bits per heavy atom. The van der Waals surface area contributed by atoms with Crippen LogP contribution in [0.1, 0.15) is 17.7 Å². The van der Waals surface area contributed by atoms with Crippen LogP contribution in [0.3, 0.4) is 0 Å². The summed E-state index contributed by atoms with van der Waals surface area (Å²) in [4.78, 5) is 28.4. The zero-order valence-electron chi connectivity index (χ0n) is 15.0. The minimum atomic E-state index is -0.0825. The van der Waals surface area contributed by atoms with Gasteiger partial charge in [0.15, 0.2) is 5.82 Å². The number of aryl methyl sites for hydroxylation is 1. The molecule has 138 valence electrons. The van der Waals surface area contributed by atoms with Gasteiger partial charge in [-0.15, -0.1) is 0 Å². The van der Waals surface area contributed by atoms with Gasteiger partial charge in [-0.25, -0.2) is 0 Å². The van der Waals surface area contributed by atoms with Gasteiger partial charge in [-0.1, -0.05) is 35.5 Å². The van der Waals surface area contributed by atoms with Crippen LogP contribution in [0.25, 0.3) is 0 Å². The zero-order chi connectivity index (χ0) is 18.4. The molecule has 26 heavy (non-hydrogen) atoms. The van der Waals surface area contributed by atoms with E-state index in [0.29, 0.717) is 44.1 Å². The molecular weight excluding hydrogens is 332 g/mol. The van der Waals surface area contributed by atoms with Crippen molar-refractivity contribution in [2.24, 2.45) is 0 Å². The first kappa shape index (κ1) is 18.1. The predicted molar refractivity (Wildman–Crippen MR) is 97.7 cm³/mol. The minimum Gasteiger partial charge on any atom is -0.360 e. The van der Waals surface area contributed by atoms with E-state index >= 15 is 0 Å². The van der Waals surface area contributed by atoms with Crippen LogP contribution >= 0.6 is 0 Å². The average Bonchev–Trinajstić information content (AvgIpc) is 3.06. The van der Waals surface area contributed by atoms with Crippen molar-refractivity contribution in [2.45, 2.75) is 19.8 Å². The van der Waals surface area contributed by atoms with Crippen molar-refractivity contribution in [1.82, 2.24) is 15.0 Å². The van der Waals surface area contributed by atoms with Crippen molar-refractivity contribution in [1.29, 1.82) is 0 Å². The highest BCUT2D eigenvalue weighted by molar-refractivity contribution is 5.89. The molecule has 0 spiro atoms. The molecule has 3 rings (SSSR count).